The van der Waals surface area contributed by atoms with Crippen LogP contribution in [0.3, 0.4) is 0 Å². The zero-order valence-electron chi connectivity index (χ0n) is 9.74. The highest BCUT2D eigenvalue weighted by Crippen LogP contribution is 2.29. The molecule has 4 heteroatoms. The Labute approximate surface area is 100 Å². The molecule has 0 spiro atoms. The van der Waals surface area contributed by atoms with Gasteiger partial charge in [0, 0.05) is 17.8 Å². The zero-order valence-corrected chi connectivity index (χ0v) is 9.74. The van der Waals surface area contributed by atoms with E-state index in [1.807, 2.05) is 0 Å². The minimum absolute atomic E-state index is 0.0279. The molecule has 0 amide bonds. The van der Waals surface area contributed by atoms with Gasteiger partial charge in [-0.25, -0.2) is 4.39 Å². The Morgan fingerprint density at radius 3 is 2.94 bits per heavy atom. The molecule has 2 rings (SSSR count). The molecule has 0 saturated heterocycles. The first-order valence-electron chi connectivity index (χ1n) is 5.74. The van der Waals surface area contributed by atoms with Crippen LogP contribution in [0.5, 0.6) is 5.75 Å². The molecule has 0 aliphatic heterocycles. The molecule has 0 aromatic heterocycles. The Bertz CT molecular complexity index is 442. The van der Waals surface area contributed by atoms with Crippen LogP contribution in [0.15, 0.2) is 18.2 Å². The van der Waals surface area contributed by atoms with Crippen molar-refractivity contribution in [1.29, 1.82) is 5.26 Å². The average molecular weight is 234 g/mol. The highest BCUT2D eigenvalue weighted by Gasteiger charge is 2.26. The Morgan fingerprint density at radius 1 is 1.47 bits per heavy atom. The first-order valence-corrected chi connectivity index (χ1v) is 5.74. The summed E-state index contributed by atoms with van der Waals surface area (Å²) in [5, 5.41) is 12.2. The first kappa shape index (κ1) is 11.7. The van der Waals surface area contributed by atoms with E-state index in [0.29, 0.717) is 5.69 Å². The standard InChI is InChI=1S/C13H15FN2O/c1-17-13-6-5-10(7-11(13)14)16-12-4-2-3-9(12)8-15/h5-7,9,12,16H,2-4H2,1H3. The van der Waals surface area contributed by atoms with Crippen LogP contribution in [0.25, 0.3) is 0 Å². The number of halogens is 1. The molecular weight excluding hydrogens is 219 g/mol. The fourth-order valence-electron chi connectivity index (χ4n) is 2.26. The van der Waals surface area contributed by atoms with E-state index in [1.165, 1.54) is 13.2 Å². The van der Waals surface area contributed by atoms with E-state index in [1.54, 1.807) is 12.1 Å². The van der Waals surface area contributed by atoms with Crippen LogP contribution >= 0.6 is 0 Å². The smallest absolute Gasteiger partial charge is 0.167 e. The number of hydrogen-bond donors (Lipinski definition) is 1. The summed E-state index contributed by atoms with van der Waals surface area (Å²) in [6.45, 7) is 0. The van der Waals surface area contributed by atoms with Crippen molar-refractivity contribution >= 4 is 5.69 Å². The van der Waals surface area contributed by atoms with Gasteiger partial charge in [-0.1, -0.05) is 0 Å². The highest BCUT2D eigenvalue weighted by atomic mass is 19.1. The maximum absolute atomic E-state index is 13.5. The number of ether oxygens (including phenoxy) is 1. The van der Waals surface area contributed by atoms with Crippen molar-refractivity contribution in [2.45, 2.75) is 25.3 Å². The summed E-state index contributed by atoms with van der Waals surface area (Å²) in [4.78, 5) is 0. The van der Waals surface area contributed by atoms with Gasteiger partial charge in [-0.3, -0.25) is 0 Å². The van der Waals surface area contributed by atoms with Crippen molar-refractivity contribution in [2.75, 3.05) is 12.4 Å². The molecule has 17 heavy (non-hydrogen) atoms. The lowest BCUT2D eigenvalue weighted by Gasteiger charge is -2.17. The van der Waals surface area contributed by atoms with Gasteiger partial charge < -0.3 is 10.1 Å². The normalized spacial score (nSPS) is 23.1. The number of nitriles is 1. The molecule has 90 valence electrons. The van der Waals surface area contributed by atoms with Crippen molar-refractivity contribution < 1.29 is 9.13 Å². The van der Waals surface area contributed by atoms with Crippen molar-refractivity contribution in [2.24, 2.45) is 5.92 Å². The summed E-state index contributed by atoms with van der Waals surface area (Å²) in [6, 6.07) is 7.19. The zero-order chi connectivity index (χ0) is 12.3. The topological polar surface area (TPSA) is 45.0 Å². The lowest BCUT2D eigenvalue weighted by atomic mass is 10.1. The van der Waals surface area contributed by atoms with Crippen molar-refractivity contribution in [1.82, 2.24) is 0 Å². The molecule has 2 unspecified atom stereocenters. The second-order valence-corrected chi connectivity index (χ2v) is 4.27. The molecule has 0 bridgehead atoms. The van der Waals surface area contributed by atoms with E-state index in [4.69, 9.17) is 10.00 Å². The Kier molecular flexibility index (Phi) is 3.48. The van der Waals surface area contributed by atoms with E-state index < -0.39 is 0 Å². The first-order chi connectivity index (χ1) is 8.24. The van der Waals surface area contributed by atoms with Crippen molar-refractivity contribution in [3.63, 3.8) is 0 Å². The van der Waals surface area contributed by atoms with Crippen LogP contribution in [0.2, 0.25) is 0 Å². The number of anilines is 1. The second kappa shape index (κ2) is 5.05. The molecule has 1 aliphatic rings. The molecule has 0 heterocycles. The van der Waals surface area contributed by atoms with Crippen molar-refractivity contribution in [3.8, 4) is 11.8 Å². The average Bonchev–Trinajstić information content (AvgIpc) is 2.76. The van der Waals surface area contributed by atoms with Crippen LogP contribution in [0.1, 0.15) is 19.3 Å². The Morgan fingerprint density at radius 2 is 2.29 bits per heavy atom. The van der Waals surface area contributed by atoms with Gasteiger partial charge in [-0.05, 0) is 31.4 Å². The van der Waals surface area contributed by atoms with E-state index >= 15 is 0 Å². The fraction of sp³-hybridized carbons (Fsp3) is 0.462. The molecule has 2 atom stereocenters. The molecule has 3 nitrogen and oxygen atoms in total. The molecular formula is C13H15FN2O. The van der Waals surface area contributed by atoms with Gasteiger partial charge in [0.2, 0.25) is 0 Å². The van der Waals surface area contributed by atoms with Gasteiger partial charge in [-0.2, -0.15) is 5.26 Å². The summed E-state index contributed by atoms with van der Waals surface area (Å²) >= 11 is 0. The van der Waals surface area contributed by atoms with Crippen LogP contribution in [0.4, 0.5) is 10.1 Å². The molecule has 1 aromatic rings. The van der Waals surface area contributed by atoms with E-state index in [9.17, 15) is 4.39 Å². The predicted molar refractivity (Wildman–Crippen MR) is 63.3 cm³/mol. The summed E-state index contributed by atoms with van der Waals surface area (Å²) in [6.07, 6.45) is 2.94. The lowest BCUT2D eigenvalue weighted by molar-refractivity contribution is 0.386. The number of nitrogens with zero attached hydrogens (tertiary/aromatic N) is 1. The van der Waals surface area contributed by atoms with E-state index in [2.05, 4.69) is 11.4 Å². The highest BCUT2D eigenvalue weighted by molar-refractivity contribution is 5.48. The molecule has 1 aliphatic carbocycles. The van der Waals surface area contributed by atoms with Crippen LogP contribution in [-0.2, 0) is 0 Å². The lowest BCUT2D eigenvalue weighted by Crippen LogP contribution is -2.22. The molecule has 1 saturated carbocycles. The number of benzene rings is 1. The van der Waals surface area contributed by atoms with Gasteiger partial charge in [0.1, 0.15) is 0 Å². The van der Waals surface area contributed by atoms with Crippen molar-refractivity contribution in [3.05, 3.63) is 24.0 Å². The van der Waals surface area contributed by atoms with Crippen LogP contribution in [-0.4, -0.2) is 13.2 Å². The summed E-state index contributed by atoms with van der Waals surface area (Å²) in [5.41, 5.74) is 0.704. The quantitative estimate of drug-likeness (QED) is 0.874. The van der Waals surface area contributed by atoms with Gasteiger partial charge in [0.05, 0.1) is 19.1 Å². The van der Waals surface area contributed by atoms with Crippen LogP contribution < -0.4 is 10.1 Å². The molecule has 1 aromatic carbocycles. The monoisotopic (exact) mass is 234 g/mol. The number of rotatable bonds is 3. The van der Waals surface area contributed by atoms with Gasteiger partial charge in [-0.15, -0.1) is 0 Å². The fourth-order valence-corrected chi connectivity index (χ4v) is 2.26. The Balaban J connectivity index is 2.09. The largest absolute Gasteiger partial charge is 0.494 e. The van der Waals surface area contributed by atoms with E-state index in [0.717, 1.165) is 19.3 Å². The maximum atomic E-state index is 13.5. The van der Waals surface area contributed by atoms with Gasteiger partial charge in [0.15, 0.2) is 11.6 Å². The summed E-state index contributed by atoms with van der Waals surface area (Å²) in [5.74, 6) is -0.122. The third-order valence-corrected chi connectivity index (χ3v) is 3.19. The number of nitrogens with one attached hydrogen (secondary N) is 1. The molecule has 1 fully saturated rings. The number of hydrogen-bond acceptors (Lipinski definition) is 3. The third kappa shape index (κ3) is 2.50. The van der Waals surface area contributed by atoms with E-state index in [-0.39, 0.29) is 23.5 Å². The summed E-state index contributed by atoms with van der Waals surface area (Å²) < 4.78 is 18.3. The van der Waals surface area contributed by atoms with Crippen LogP contribution in [0, 0.1) is 23.1 Å². The molecule has 0 radical (unpaired) electrons. The van der Waals surface area contributed by atoms with Gasteiger partial charge >= 0.3 is 0 Å². The number of methoxy groups -OCH3 is 1. The minimum Gasteiger partial charge on any atom is -0.494 e. The van der Waals surface area contributed by atoms with Gasteiger partial charge in [0.25, 0.3) is 0 Å². The SMILES string of the molecule is COc1ccc(NC2CCCC2C#N)cc1F. The minimum atomic E-state index is -0.385. The Hall–Kier alpha value is -1.76. The summed E-state index contributed by atoms with van der Waals surface area (Å²) in [7, 11) is 1.44. The maximum Gasteiger partial charge on any atom is 0.167 e. The third-order valence-electron chi connectivity index (χ3n) is 3.19. The second-order valence-electron chi connectivity index (χ2n) is 4.27. The predicted octanol–water partition coefficient (Wildman–Crippen LogP) is 2.94. The molecule has 1 N–H and O–H groups in total.